The van der Waals surface area contributed by atoms with Gasteiger partial charge >= 0.3 is 0 Å². The van der Waals surface area contributed by atoms with E-state index in [-0.39, 0.29) is 0 Å². The van der Waals surface area contributed by atoms with Gasteiger partial charge in [-0.05, 0) is 46.5 Å². The smallest absolute Gasteiger partial charge is 0.0933 e. The van der Waals surface area contributed by atoms with Gasteiger partial charge < -0.3 is 0 Å². The molecule has 0 unspecified atom stereocenters. The number of nitrogens with zero attached hydrogens (tertiary/aromatic N) is 2. The Bertz CT molecular complexity index is 1510. The van der Waals surface area contributed by atoms with E-state index < -0.39 is 0 Å². The molecule has 0 saturated carbocycles. The molecule has 31 heavy (non-hydrogen) atoms. The van der Waals surface area contributed by atoms with Gasteiger partial charge in [-0.2, -0.15) is 5.10 Å². The van der Waals surface area contributed by atoms with Crippen molar-refractivity contribution in [1.29, 1.82) is 0 Å². The summed E-state index contributed by atoms with van der Waals surface area (Å²) in [5, 5.41) is 6.08. The van der Waals surface area contributed by atoms with E-state index in [0.717, 1.165) is 22.3 Å². The molecule has 0 aliphatic carbocycles. The highest BCUT2D eigenvalue weighted by Crippen LogP contribution is 2.29. The number of fused-ring (bicyclic) bond motifs is 3. The number of aromatic nitrogens is 2. The number of pyridine rings is 1. The zero-order valence-corrected chi connectivity index (χ0v) is 16.9. The lowest BCUT2D eigenvalue weighted by molar-refractivity contribution is 1.01. The van der Waals surface area contributed by atoms with Crippen LogP contribution in [0.3, 0.4) is 0 Å². The van der Waals surface area contributed by atoms with Crippen molar-refractivity contribution in [1.82, 2.24) is 9.61 Å². The molecule has 0 N–H and O–H groups in total. The van der Waals surface area contributed by atoms with Gasteiger partial charge in [0, 0.05) is 10.9 Å². The van der Waals surface area contributed by atoms with E-state index in [2.05, 4.69) is 115 Å². The molecule has 0 atom stereocenters. The summed E-state index contributed by atoms with van der Waals surface area (Å²) in [6.07, 6.45) is 0. The predicted molar refractivity (Wildman–Crippen MR) is 129 cm³/mol. The van der Waals surface area contributed by atoms with Crippen LogP contribution in [0.2, 0.25) is 0 Å². The Morgan fingerprint density at radius 1 is 0.452 bits per heavy atom. The molecule has 2 nitrogen and oxygen atoms in total. The maximum absolute atomic E-state index is 4.88. The average molecular weight is 396 g/mol. The third-order valence-corrected chi connectivity index (χ3v) is 5.82. The van der Waals surface area contributed by atoms with Crippen molar-refractivity contribution in [2.24, 2.45) is 0 Å². The Morgan fingerprint density at radius 2 is 1.10 bits per heavy atom. The van der Waals surface area contributed by atoms with Gasteiger partial charge in [-0.15, -0.1) is 0 Å². The molecule has 0 fully saturated rings. The molecular formula is C29H20N2. The number of hydrogen-bond acceptors (Lipinski definition) is 1. The maximum Gasteiger partial charge on any atom is 0.0933 e. The Morgan fingerprint density at radius 3 is 1.90 bits per heavy atom. The van der Waals surface area contributed by atoms with E-state index in [0.29, 0.717) is 0 Å². The van der Waals surface area contributed by atoms with E-state index in [9.17, 15) is 0 Å². The van der Waals surface area contributed by atoms with Crippen LogP contribution in [0, 0.1) is 0 Å². The maximum atomic E-state index is 4.88. The Labute approximate surface area is 181 Å². The van der Waals surface area contributed by atoms with Gasteiger partial charge in [-0.25, -0.2) is 4.52 Å². The summed E-state index contributed by atoms with van der Waals surface area (Å²) in [6.45, 7) is 0. The first-order valence-electron chi connectivity index (χ1n) is 10.5. The fourth-order valence-electron chi connectivity index (χ4n) is 4.19. The predicted octanol–water partition coefficient (Wildman–Crippen LogP) is 7.49. The number of benzene rings is 4. The zero-order chi connectivity index (χ0) is 20.6. The first kappa shape index (κ1) is 17.7. The number of hydrogen-bond donors (Lipinski definition) is 0. The Hall–Kier alpha value is -4.17. The molecule has 4 aromatic carbocycles. The zero-order valence-electron chi connectivity index (χ0n) is 16.9. The van der Waals surface area contributed by atoms with Crippen LogP contribution >= 0.6 is 0 Å². The van der Waals surface area contributed by atoms with E-state index >= 15 is 0 Å². The molecule has 6 rings (SSSR count). The van der Waals surface area contributed by atoms with Gasteiger partial charge in [-0.3, -0.25) is 0 Å². The summed E-state index contributed by atoms with van der Waals surface area (Å²) in [5.74, 6) is 0. The molecule has 146 valence electrons. The van der Waals surface area contributed by atoms with Crippen LogP contribution in [0.5, 0.6) is 0 Å². The average Bonchev–Trinajstić information content (AvgIpc) is 3.30. The number of para-hydroxylation sites is 1. The lowest BCUT2D eigenvalue weighted by Gasteiger charge is -2.07. The molecule has 2 aromatic heterocycles. The van der Waals surface area contributed by atoms with Crippen LogP contribution in [-0.2, 0) is 0 Å². The first-order chi connectivity index (χ1) is 15.3. The Balaban J connectivity index is 1.36. The van der Waals surface area contributed by atoms with Gasteiger partial charge in [0.15, 0.2) is 0 Å². The van der Waals surface area contributed by atoms with E-state index in [1.54, 1.807) is 0 Å². The lowest BCUT2D eigenvalue weighted by Crippen LogP contribution is -1.90. The molecule has 2 heteroatoms. The minimum atomic E-state index is 0.987. The molecule has 0 aliphatic rings. The second-order valence-corrected chi connectivity index (χ2v) is 7.78. The largest absolute Gasteiger partial charge is 0.232 e. The highest BCUT2D eigenvalue weighted by molar-refractivity contribution is 5.83. The van der Waals surface area contributed by atoms with Crippen molar-refractivity contribution in [3.05, 3.63) is 121 Å². The Kier molecular flexibility index (Phi) is 4.14. The van der Waals surface area contributed by atoms with Crippen molar-refractivity contribution in [2.75, 3.05) is 0 Å². The fraction of sp³-hybridized carbons (Fsp3) is 0. The topological polar surface area (TPSA) is 17.3 Å². The third kappa shape index (κ3) is 3.19. The van der Waals surface area contributed by atoms with Crippen LogP contribution in [0.4, 0.5) is 0 Å². The van der Waals surface area contributed by atoms with Crippen LogP contribution in [0.1, 0.15) is 0 Å². The van der Waals surface area contributed by atoms with Crippen LogP contribution in [0.15, 0.2) is 121 Å². The molecule has 6 aromatic rings. The van der Waals surface area contributed by atoms with Crippen molar-refractivity contribution in [3.63, 3.8) is 0 Å². The van der Waals surface area contributed by atoms with E-state index in [1.807, 2.05) is 10.6 Å². The molecule has 0 spiro atoms. The lowest BCUT2D eigenvalue weighted by atomic mass is 9.98. The second-order valence-electron chi connectivity index (χ2n) is 7.78. The molecule has 0 amide bonds. The highest BCUT2D eigenvalue weighted by atomic mass is 15.2. The summed E-state index contributed by atoms with van der Waals surface area (Å²) in [6, 6.07) is 42.7. The van der Waals surface area contributed by atoms with Gasteiger partial charge in [0.1, 0.15) is 0 Å². The summed E-state index contributed by atoms with van der Waals surface area (Å²) in [7, 11) is 0. The SMILES string of the molecule is c1ccc(-c2cccc(-c3ccc(-c4cc5ccc6ccccc6n5n4)cc3)c2)cc1. The highest BCUT2D eigenvalue weighted by Gasteiger charge is 2.08. The van der Waals surface area contributed by atoms with Gasteiger partial charge in [0.05, 0.1) is 16.7 Å². The minimum Gasteiger partial charge on any atom is -0.232 e. The van der Waals surface area contributed by atoms with Crippen LogP contribution in [-0.4, -0.2) is 9.61 Å². The monoisotopic (exact) mass is 396 g/mol. The third-order valence-electron chi connectivity index (χ3n) is 5.82. The molecular weight excluding hydrogens is 376 g/mol. The standard InChI is InChI=1S/C29H20N2/c1-2-7-21(8-3-1)25-10-6-11-26(19-25)22-13-15-23(16-14-22)28-20-27-18-17-24-9-4-5-12-29(24)31(27)30-28/h1-20H. The van der Waals surface area contributed by atoms with Crippen LogP contribution < -0.4 is 0 Å². The van der Waals surface area contributed by atoms with Gasteiger partial charge in [0.25, 0.3) is 0 Å². The van der Waals surface area contributed by atoms with Crippen molar-refractivity contribution >= 4 is 16.4 Å². The van der Waals surface area contributed by atoms with Crippen molar-refractivity contribution in [3.8, 4) is 33.5 Å². The molecule has 0 saturated heterocycles. The number of rotatable bonds is 3. The quantitative estimate of drug-likeness (QED) is 0.303. The van der Waals surface area contributed by atoms with Gasteiger partial charge in [-0.1, -0.05) is 97.1 Å². The first-order valence-corrected chi connectivity index (χ1v) is 10.5. The normalized spacial score (nSPS) is 11.2. The molecule has 0 bridgehead atoms. The summed E-state index contributed by atoms with van der Waals surface area (Å²) in [4.78, 5) is 0. The molecule has 0 radical (unpaired) electrons. The van der Waals surface area contributed by atoms with Crippen LogP contribution in [0.25, 0.3) is 49.9 Å². The van der Waals surface area contributed by atoms with Gasteiger partial charge in [0.2, 0.25) is 0 Å². The summed E-state index contributed by atoms with van der Waals surface area (Å²) < 4.78 is 2.03. The van der Waals surface area contributed by atoms with Crippen molar-refractivity contribution in [2.45, 2.75) is 0 Å². The summed E-state index contributed by atoms with van der Waals surface area (Å²) in [5.41, 5.74) is 9.22. The molecule has 2 heterocycles. The van der Waals surface area contributed by atoms with E-state index in [4.69, 9.17) is 5.10 Å². The molecule has 0 aliphatic heterocycles. The van der Waals surface area contributed by atoms with Crippen molar-refractivity contribution < 1.29 is 0 Å². The van der Waals surface area contributed by atoms with E-state index in [1.165, 1.54) is 27.6 Å². The minimum absolute atomic E-state index is 0.987. The fourth-order valence-corrected chi connectivity index (χ4v) is 4.19. The second kappa shape index (κ2) is 7.26. The summed E-state index contributed by atoms with van der Waals surface area (Å²) >= 11 is 0.